The molecule has 0 amide bonds. The maximum absolute atomic E-state index is 11.1. The fourth-order valence-electron chi connectivity index (χ4n) is 1.46. The average Bonchev–Trinajstić information content (AvgIpc) is 2.36. The van der Waals surface area contributed by atoms with Gasteiger partial charge < -0.3 is 15.2 Å². The minimum absolute atomic E-state index is 0.125. The van der Waals surface area contributed by atoms with Crippen LogP contribution in [0.25, 0.3) is 0 Å². The maximum Gasteiger partial charge on any atom is 0.312 e. The van der Waals surface area contributed by atoms with E-state index in [4.69, 9.17) is 9.84 Å². The number of hydrogen-bond donors (Lipinski definition) is 2. The molecule has 0 aliphatic carbocycles. The zero-order valence-electron chi connectivity index (χ0n) is 11.7. The largest absolute Gasteiger partial charge is 0.492 e. The van der Waals surface area contributed by atoms with Gasteiger partial charge in [-0.25, -0.2) is 0 Å². The number of aliphatic carboxylic acids is 1. The van der Waals surface area contributed by atoms with E-state index in [9.17, 15) is 4.79 Å². The molecule has 1 aromatic carbocycles. The summed E-state index contributed by atoms with van der Waals surface area (Å²) in [6, 6.07) is 5.84. The molecule has 106 valence electrons. The zero-order chi connectivity index (χ0) is 14.6. The van der Waals surface area contributed by atoms with Crippen molar-refractivity contribution >= 4 is 21.9 Å². The van der Waals surface area contributed by atoms with Crippen LogP contribution < -0.4 is 10.1 Å². The lowest BCUT2D eigenvalue weighted by Gasteiger charge is -2.22. The quantitative estimate of drug-likeness (QED) is 0.841. The van der Waals surface area contributed by atoms with Gasteiger partial charge in [-0.15, -0.1) is 0 Å². The summed E-state index contributed by atoms with van der Waals surface area (Å²) in [4.78, 5) is 11.1. The predicted octanol–water partition coefficient (Wildman–Crippen LogP) is 3.22. The Kier molecular flexibility index (Phi) is 5.38. The summed E-state index contributed by atoms with van der Waals surface area (Å²) in [6.45, 7) is 5.45. The van der Waals surface area contributed by atoms with Crippen LogP contribution in [-0.2, 0) is 4.79 Å². The highest BCUT2D eigenvalue weighted by molar-refractivity contribution is 9.10. The molecule has 19 heavy (non-hydrogen) atoms. The average molecular weight is 330 g/mol. The molecule has 0 spiro atoms. The number of benzene rings is 1. The molecule has 0 aliphatic heterocycles. The van der Waals surface area contributed by atoms with Crippen LogP contribution in [0.3, 0.4) is 0 Å². The highest BCUT2D eigenvalue weighted by Crippen LogP contribution is 2.29. The molecule has 0 fully saturated rings. The van der Waals surface area contributed by atoms with Crippen molar-refractivity contribution in [2.45, 2.75) is 26.8 Å². The second-order valence-electron chi connectivity index (χ2n) is 5.17. The van der Waals surface area contributed by atoms with Crippen LogP contribution in [0.5, 0.6) is 5.75 Å². The Morgan fingerprint density at radius 1 is 1.53 bits per heavy atom. The van der Waals surface area contributed by atoms with Gasteiger partial charge in [0.05, 0.1) is 5.41 Å². The van der Waals surface area contributed by atoms with Gasteiger partial charge in [0.15, 0.2) is 0 Å². The molecule has 5 heteroatoms. The van der Waals surface area contributed by atoms with Gasteiger partial charge in [0.1, 0.15) is 12.4 Å². The number of carboxylic acid groups (broad SMARTS) is 1. The molecule has 0 aliphatic rings. The summed E-state index contributed by atoms with van der Waals surface area (Å²) >= 11 is 3.43. The van der Waals surface area contributed by atoms with E-state index in [2.05, 4.69) is 21.2 Å². The zero-order valence-corrected chi connectivity index (χ0v) is 13.2. The Bertz CT molecular complexity index is 460. The van der Waals surface area contributed by atoms with Crippen LogP contribution >= 0.6 is 15.9 Å². The summed E-state index contributed by atoms with van der Waals surface area (Å²) in [5.41, 5.74) is 0.0887. The molecule has 0 saturated carbocycles. The summed E-state index contributed by atoms with van der Waals surface area (Å²) in [5, 5.41) is 12.2. The molecule has 0 bridgehead atoms. The van der Waals surface area contributed by atoms with Gasteiger partial charge in [-0.1, -0.05) is 15.9 Å². The van der Waals surface area contributed by atoms with Crippen LogP contribution in [0.1, 0.15) is 32.4 Å². The molecule has 0 aromatic heterocycles. The lowest BCUT2D eigenvalue weighted by molar-refractivity contribution is -0.148. The van der Waals surface area contributed by atoms with Crippen molar-refractivity contribution in [2.24, 2.45) is 5.41 Å². The molecule has 1 aromatic rings. The smallest absolute Gasteiger partial charge is 0.312 e. The normalized spacial score (nSPS) is 13.1. The van der Waals surface area contributed by atoms with E-state index in [0.717, 1.165) is 10.0 Å². The van der Waals surface area contributed by atoms with Gasteiger partial charge in [-0.3, -0.25) is 4.79 Å². The van der Waals surface area contributed by atoms with Gasteiger partial charge in [0.2, 0.25) is 0 Å². The summed E-state index contributed by atoms with van der Waals surface area (Å²) in [6.07, 6.45) is 0. The van der Waals surface area contributed by atoms with Crippen LogP contribution in [0.4, 0.5) is 0 Å². The fraction of sp³-hybridized carbons (Fsp3) is 0.500. The van der Waals surface area contributed by atoms with E-state index in [0.29, 0.717) is 5.75 Å². The van der Waals surface area contributed by atoms with Crippen molar-refractivity contribution < 1.29 is 14.6 Å². The van der Waals surface area contributed by atoms with E-state index in [-0.39, 0.29) is 12.6 Å². The molecule has 2 N–H and O–H groups in total. The molecule has 0 saturated heterocycles. The van der Waals surface area contributed by atoms with Gasteiger partial charge in [0.25, 0.3) is 0 Å². The van der Waals surface area contributed by atoms with Crippen LogP contribution in [0.2, 0.25) is 0 Å². The van der Waals surface area contributed by atoms with E-state index >= 15 is 0 Å². The Labute approximate surface area is 122 Å². The first-order valence-electron chi connectivity index (χ1n) is 6.11. The molecular formula is C14H20BrNO3. The maximum atomic E-state index is 11.1. The van der Waals surface area contributed by atoms with Crippen molar-refractivity contribution in [2.75, 3.05) is 13.7 Å². The number of carboxylic acids is 1. The molecule has 0 heterocycles. The van der Waals surface area contributed by atoms with E-state index < -0.39 is 11.4 Å². The van der Waals surface area contributed by atoms with Crippen LogP contribution in [0, 0.1) is 5.41 Å². The number of rotatable bonds is 6. The van der Waals surface area contributed by atoms with Gasteiger partial charge in [-0.2, -0.15) is 0 Å². The van der Waals surface area contributed by atoms with E-state index in [1.54, 1.807) is 13.8 Å². The van der Waals surface area contributed by atoms with Crippen molar-refractivity contribution in [3.05, 3.63) is 28.2 Å². The van der Waals surface area contributed by atoms with Crippen LogP contribution in [-0.4, -0.2) is 24.7 Å². The molecular weight excluding hydrogens is 310 g/mol. The number of halogens is 1. The Morgan fingerprint density at radius 2 is 2.16 bits per heavy atom. The second kappa shape index (κ2) is 6.39. The van der Waals surface area contributed by atoms with Gasteiger partial charge >= 0.3 is 5.97 Å². The van der Waals surface area contributed by atoms with E-state index in [1.807, 2.05) is 32.2 Å². The molecule has 0 radical (unpaired) electrons. The number of hydrogen-bond acceptors (Lipinski definition) is 3. The third-order valence-electron chi connectivity index (χ3n) is 3.04. The first-order valence-corrected chi connectivity index (χ1v) is 6.90. The lowest BCUT2D eigenvalue weighted by Crippen LogP contribution is -2.31. The molecule has 1 atom stereocenters. The summed E-state index contributed by atoms with van der Waals surface area (Å²) in [5.74, 6) is -0.160. The third-order valence-corrected chi connectivity index (χ3v) is 3.53. The van der Waals surface area contributed by atoms with Crippen molar-refractivity contribution in [1.82, 2.24) is 5.32 Å². The highest BCUT2D eigenvalue weighted by atomic mass is 79.9. The monoisotopic (exact) mass is 329 g/mol. The van der Waals surface area contributed by atoms with Crippen LogP contribution in [0.15, 0.2) is 22.7 Å². The summed E-state index contributed by atoms with van der Waals surface area (Å²) in [7, 11) is 1.87. The van der Waals surface area contributed by atoms with Gasteiger partial charge in [0, 0.05) is 16.1 Å². The first kappa shape index (κ1) is 16.0. The Balaban J connectivity index is 2.92. The minimum atomic E-state index is -0.909. The number of ether oxygens (including phenoxy) is 1. The SMILES string of the molecule is CNC(C)c1cc(Br)ccc1OCC(C)(C)C(=O)O. The Morgan fingerprint density at radius 3 is 2.68 bits per heavy atom. The number of carbonyl (C=O) groups is 1. The van der Waals surface area contributed by atoms with Crippen molar-refractivity contribution in [3.8, 4) is 5.75 Å². The molecule has 4 nitrogen and oxygen atoms in total. The fourth-order valence-corrected chi connectivity index (χ4v) is 1.84. The number of nitrogens with one attached hydrogen (secondary N) is 1. The second-order valence-corrected chi connectivity index (χ2v) is 6.09. The summed E-state index contributed by atoms with van der Waals surface area (Å²) < 4.78 is 6.67. The standard InChI is InChI=1S/C14H20BrNO3/c1-9(16-4)11-7-10(15)5-6-12(11)19-8-14(2,3)13(17)18/h5-7,9,16H,8H2,1-4H3,(H,17,18). The topological polar surface area (TPSA) is 58.6 Å². The predicted molar refractivity (Wildman–Crippen MR) is 78.5 cm³/mol. The highest BCUT2D eigenvalue weighted by Gasteiger charge is 2.28. The third kappa shape index (κ3) is 4.21. The van der Waals surface area contributed by atoms with E-state index in [1.165, 1.54) is 0 Å². The molecule has 1 unspecified atom stereocenters. The lowest BCUT2D eigenvalue weighted by atomic mass is 9.95. The first-order chi connectivity index (χ1) is 8.77. The Hall–Kier alpha value is -1.07. The van der Waals surface area contributed by atoms with Crippen molar-refractivity contribution in [1.29, 1.82) is 0 Å². The molecule has 1 rings (SSSR count). The van der Waals surface area contributed by atoms with Gasteiger partial charge in [-0.05, 0) is 46.0 Å². The minimum Gasteiger partial charge on any atom is -0.492 e. The van der Waals surface area contributed by atoms with Crippen molar-refractivity contribution in [3.63, 3.8) is 0 Å².